The lowest BCUT2D eigenvalue weighted by Gasteiger charge is -2.15. The molecule has 0 aliphatic heterocycles. The fraction of sp³-hybridized carbons (Fsp3) is 0.282. The maximum atomic E-state index is 12.3. The first-order chi connectivity index (χ1) is 25.8. The number of oxime groups is 1. The van der Waals surface area contributed by atoms with E-state index in [2.05, 4.69) is 9.99 Å². The summed E-state index contributed by atoms with van der Waals surface area (Å²) in [5.74, 6) is -1.13. The van der Waals surface area contributed by atoms with Crippen molar-refractivity contribution in [1.29, 1.82) is 0 Å². The number of rotatable bonds is 19. The number of carbonyl (C=O) groups is 3. The van der Waals surface area contributed by atoms with Gasteiger partial charge in [-0.1, -0.05) is 90.1 Å². The first-order valence-corrected chi connectivity index (χ1v) is 20.3. The van der Waals surface area contributed by atoms with Crippen molar-refractivity contribution in [1.82, 2.24) is 0 Å². The zero-order chi connectivity index (χ0) is 39.4. The number of ether oxygens (including phenoxy) is 2. The molecule has 4 aromatic carbocycles. The Kier molecular flexibility index (Phi) is 17.7. The topological polar surface area (TPSA) is 178 Å². The van der Waals surface area contributed by atoms with Gasteiger partial charge >= 0.3 is 11.9 Å². The molecule has 0 heterocycles. The van der Waals surface area contributed by atoms with E-state index in [0.717, 1.165) is 34.8 Å². The van der Waals surface area contributed by atoms with Gasteiger partial charge in [-0.25, -0.2) is 9.59 Å². The summed E-state index contributed by atoms with van der Waals surface area (Å²) in [5, 5.41) is 3.58. The predicted molar refractivity (Wildman–Crippen MR) is 204 cm³/mol. The predicted octanol–water partition coefficient (Wildman–Crippen LogP) is 6.10. The van der Waals surface area contributed by atoms with Crippen LogP contribution in [0.5, 0.6) is 0 Å². The van der Waals surface area contributed by atoms with Crippen molar-refractivity contribution in [2.24, 2.45) is 5.16 Å². The Morgan fingerprint density at radius 2 is 0.963 bits per heavy atom. The molecule has 4 rings (SSSR count). The molecule has 0 fully saturated rings. The van der Waals surface area contributed by atoms with Gasteiger partial charge in [-0.05, 0) is 65.8 Å². The van der Waals surface area contributed by atoms with Crippen molar-refractivity contribution in [2.75, 3.05) is 32.8 Å². The largest absolute Gasteiger partial charge is 0.459 e. The smallest absolute Gasteiger partial charge is 0.338 e. The van der Waals surface area contributed by atoms with Crippen LogP contribution in [-0.4, -0.2) is 86.3 Å². The molecule has 0 amide bonds. The van der Waals surface area contributed by atoms with Gasteiger partial charge in [-0.2, -0.15) is 16.8 Å². The van der Waals surface area contributed by atoms with Crippen molar-refractivity contribution in [3.05, 3.63) is 120 Å². The highest BCUT2D eigenvalue weighted by Gasteiger charge is 2.20. The third-order valence-corrected chi connectivity index (χ3v) is 8.53. The van der Waals surface area contributed by atoms with E-state index in [-0.39, 0.29) is 26.1 Å². The van der Waals surface area contributed by atoms with Gasteiger partial charge in [-0.15, -0.1) is 0 Å². The molecule has 0 saturated heterocycles. The van der Waals surface area contributed by atoms with Gasteiger partial charge in [0.05, 0.1) is 23.6 Å². The minimum Gasteiger partial charge on any atom is -0.459 e. The van der Waals surface area contributed by atoms with E-state index in [0.29, 0.717) is 30.3 Å². The summed E-state index contributed by atoms with van der Waals surface area (Å²) in [7, 11) is -5.98. The van der Waals surface area contributed by atoms with Crippen LogP contribution in [0.2, 0.25) is 0 Å². The minimum atomic E-state index is -3.71. The summed E-state index contributed by atoms with van der Waals surface area (Å²) < 4.78 is 65.5. The molecule has 2 atom stereocenters. The zero-order valence-electron chi connectivity index (χ0n) is 30.1. The number of esters is 2. The molecule has 0 aromatic heterocycles. The Morgan fingerprint density at radius 3 is 1.31 bits per heavy atom. The highest BCUT2D eigenvalue weighted by molar-refractivity contribution is 7.86. The van der Waals surface area contributed by atoms with Crippen LogP contribution in [-0.2, 0) is 47.7 Å². The Labute approximate surface area is 316 Å². The second-order valence-corrected chi connectivity index (χ2v) is 14.9. The summed E-state index contributed by atoms with van der Waals surface area (Å²) in [4.78, 5) is 39.4. The summed E-state index contributed by atoms with van der Waals surface area (Å²) in [6.45, 7) is -0.437. The van der Waals surface area contributed by atoms with Crippen LogP contribution in [0.15, 0.2) is 114 Å². The number of aldehydes is 1. The molecule has 0 saturated carbocycles. The number of hydrogen-bond donors (Lipinski definition) is 0. The number of hydrogen-bond acceptors (Lipinski definition) is 13. The highest BCUT2D eigenvalue weighted by atomic mass is 32.2. The quantitative estimate of drug-likeness (QED) is 0.0352. The first-order valence-electron chi connectivity index (χ1n) is 16.7. The summed E-state index contributed by atoms with van der Waals surface area (Å²) >= 11 is 0. The molecular formula is C39H43NO12S2. The second kappa shape index (κ2) is 22.1. The molecule has 0 spiro atoms. The van der Waals surface area contributed by atoms with Gasteiger partial charge < -0.3 is 19.1 Å². The lowest BCUT2D eigenvalue weighted by molar-refractivity contribution is -0.108. The Bertz CT molecular complexity index is 2000. The molecular weight excluding hydrogens is 739 g/mol. The Hall–Kier alpha value is -5.22. The molecule has 4 aromatic rings. The van der Waals surface area contributed by atoms with E-state index < -0.39 is 44.4 Å². The van der Waals surface area contributed by atoms with Gasteiger partial charge in [0.2, 0.25) is 0 Å². The van der Waals surface area contributed by atoms with E-state index in [1.807, 2.05) is 84.9 Å². The lowest BCUT2D eigenvalue weighted by Crippen LogP contribution is -2.25. The standard InChI is InChI=1S/C20H23NO6S.C19H20O6S/c1-25-21-14-6-9-19(27-28(2,23)24)15-26-20(22)18-12-10-17(11-13-18)16-7-4-3-5-8-16;1-26(22,23)25-18(8-5-13-20)14-24-19(21)17-11-9-16(10-12-17)15-6-3-2-4-7-15/h3-5,7-8,10-14,19H,6,9,15H2,1-2H3;2-4,6-7,9-13,18H,5,8,14H2,1H3/t19-;18-/m00/s1. The summed E-state index contributed by atoms with van der Waals surface area (Å²) in [6, 6.07) is 33.4. The SMILES string of the molecule is CON=CCC[C@@H](COC(=O)c1ccc(-c2ccccc2)cc1)OS(C)(=O)=O.CS(=O)(=O)O[C@@H](CCC=O)COC(=O)c1ccc(-c2ccccc2)cc1. The molecule has 0 aliphatic rings. The minimum absolute atomic E-state index is 0.115. The lowest BCUT2D eigenvalue weighted by atomic mass is 10.0. The monoisotopic (exact) mass is 781 g/mol. The van der Waals surface area contributed by atoms with E-state index in [4.69, 9.17) is 17.8 Å². The molecule has 0 unspecified atom stereocenters. The van der Waals surface area contributed by atoms with Crippen LogP contribution >= 0.6 is 0 Å². The third kappa shape index (κ3) is 16.6. The average Bonchev–Trinajstić information content (AvgIpc) is 3.16. The highest BCUT2D eigenvalue weighted by Crippen LogP contribution is 2.21. The van der Waals surface area contributed by atoms with Crippen LogP contribution in [0.1, 0.15) is 46.4 Å². The van der Waals surface area contributed by atoms with Crippen molar-refractivity contribution >= 4 is 44.7 Å². The van der Waals surface area contributed by atoms with Gasteiger partial charge in [0, 0.05) is 12.6 Å². The Balaban J connectivity index is 0.000000291. The molecule has 15 heteroatoms. The van der Waals surface area contributed by atoms with Crippen LogP contribution in [0.3, 0.4) is 0 Å². The number of carbonyl (C=O) groups excluding carboxylic acids is 3. The molecule has 13 nitrogen and oxygen atoms in total. The molecule has 0 bridgehead atoms. The van der Waals surface area contributed by atoms with E-state index in [1.54, 1.807) is 24.3 Å². The zero-order valence-corrected chi connectivity index (χ0v) is 31.7. The fourth-order valence-electron chi connectivity index (χ4n) is 4.82. The second-order valence-electron chi connectivity index (χ2n) is 11.7. The molecule has 0 aliphatic carbocycles. The van der Waals surface area contributed by atoms with E-state index in [9.17, 15) is 31.2 Å². The first kappa shape index (κ1) is 43.2. The van der Waals surface area contributed by atoms with Gasteiger partial charge in [0.25, 0.3) is 20.2 Å². The normalized spacial score (nSPS) is 12.5. The van der Waals surface area contributed by atoms with E-state index >= 15 is 0 Å². The fourth-order valence-corrected chi connectivity index (χ4v) is 6.11. The van der Waals surface area contributed by atoms with Crippen LogP contribution < -0.4 is 0 Å². The van der Waals surface area contributed by atoms with Gasteiger partial charge in [0.15, 0.2) is 0 Å². The van der Waals surface area contributed by atoms with E-state index in [1.165, 1.54) is 13.3 Å². The Morgan fingerprint density at radius 1 is 0.593 bits per heavy atom. The van der Waals surface area contributed by atoms with Crippen molar-refractivity contribution in [3.8, 4) is 22.3 Å². The molecule has 0 radical (unpaired) electrons. The number of nitrogens with zero attached hydrogens (tertiary/aromatic N) is 1. The average molecular weight is 782 g/mol. The van der Waals surface area contributed by atoms with Crippen molar-refractivity contribution < 1.29 is 53.9 Å². The molecule has 288 valence electrons. The molecule has 54 heavy (non-hydrogen) atoms. The van der Waals surface area contributed by atoms with Crippen LogP contribution in [0, 0.1) is 0 Å². The van der Waals surface area contributed by atoms with Crippen LogP contribution in [0.4, 0.5) is 0 Å². The van der Waals surface area contributed by atoms with Crippen molar-refractivity contribution in [3.63, 3.8) is 0 Å². The summed E-state index contributed by atoms with van der Waals surface area (Å²) in [6.07, 6.45) is 3.30. The number of benzene rings is 4. The van der Waals surface area contributed by atoms with Gasteiger partial charge in [0.1, 0.15) is 38.8 Å². The molecule has 0 N–H and O–H groups in total. The maximum Gasteiger partial charge on any atom is 0.338 e. The maximum absolute atomic E-state index is 12.3. The van der Waals surface area contributed by atoms with Gasteiger partial charge in [-0.3, -0.25) is 8.37 Å². The third-order valence-electron chi connectivity index (χ3n) is 7.28. The van der Waals surface area contributed by atoms with Crippen molar-refractivity contribution in [2.45, 2.75) is 37.9 Å². The van der Waals surface area contributed by atoms with Crippen LogP contribution in [0.25, 0.3) is 22.3 Å². The summed E-state index contributed by atoms with van der Waals surface area (Å²) in [5.41, 5.74) is 4.74.